The van der Waals surface area contributed by atoms with Crippen LogP contribution >= 0.6 is 0 Å². The Morgan fingerprint density at radius 3 is 2.94 bits per heavy atom. The summed E-state index contributed by atoms with van der Waals surface area (Å²) in [5.74, 6) is 0.863. The van der Waals surface area contributed by atoms with Gasteiger partial charge < -0.3 is 15.2 Å². The molecule has 1 fully saturated rings. The molecule has 16 heavy (non-hydrogen) atoms. The van der Waals surface area contributed by atoms with Crippen LogP contribution in [0.5, 0.6) is 0 Å². The average Bonchev–Trinajstić information content (AvgIpc) is 2.87. The Labute approximate surface area is 95.2 Å². The van der Waals surface area contributed by atoms with E-state index < -0.39 is 0 Å². The molecule has 1 aliphatic rings. The van der Waals surface area contributed by atoms with Gasteiger partial charge in [-0.25, -0.2) is 9.78 Å². The van der Waals surface area contributed by atoms with Gasteiger partial charge in [0.15, 0.2) is 0 Å². The van der Waals surface area contributed by atoms with Gasteiger partial charge in [-0.15, -0.1) is 0 Å². The summed E-state index contributed by atoms with van der Waals surface area (Å²) >= 11 is 0. The number of carbonyl (C=O) groups excluding carboxylic acids is 1. The van der Waals surface area contributed by atoms with Crippen molar-refractivity contribution in [2.45, 2.75) is 38.3 Å². The van der Waals surface area contributed by atoms with Crippen LogP contribution in [0.15, 0.2) is 12.4 Å². The predicted molar refractivity (Wildman–Crippen MR) is 60.8 cm³/mol. The molecule has 0 aromatic carbocycles. The zero-order valence-corrected chi connectivity index (χ0v) is 9.57. The van der Waals surface area contributed by atoms with Crippen molar-refractivity contribution in [2.24, 2.45) is 7.05 Å². The highest BCUT2D eigenvalue weighted by Crippen LogP contribution is 2.17. The third-order valence-corrected chi connectivity index (χ3v) is 3.02. The number of aromatic nitrogens is 2. The lowest BCUT2D eigenvalue weighted by molar-refractivity contribution is 0.236. The molecule has 1 heterocycles. The lowest BCUT2D eigenvalue weighted by atomic mass is 10.2. The summed E-state index contributed by atoms with van der Waals surface area (Å²) in [5.41, 5.74) is 0. The van der Waals surface area contributed by atoms with Gasteiger partial charge in [-0.1, -0.05) is 12.8 Å². The molecule has 1 aromatic rings. The van der Waals surface area contributed by atoms with Crippen LogP contribution in [0.2, 0.25) is 0 Å². The minimum absolute atomic E-state index is 0.0881. The zero-order chi connectivity index (χ0) is 11.4. The molecule has 0 saturated heterocycles. The Bertz CT molecular complexity index is 355. The number of carbonyl (C=O) groups is 1. The van der Waals surface area contributed by atoms with Crippen LogP contribution in [0.1, 0.15) is 31.5 Å². The van der Waals surface area contributed by atoms with Crippen molar-refractivity contribution in [2.75, 3.05) is 0 Å². The first-order valence-corrected chi connectivity index (χ1v) is 5.76. The Hall–Kier alpha value is -1.52. The fourth-order valence-electron chi connectivity index (χ4n) is 2.03. The van der Waals surface area contributed by atoms with Gasteiger partial charge in [0.1, 0.15) is 5.82 Å². The molecule has 1 aromatic heterocycles. The molecule has 88 valence electrons. The topological polar surface area (TPSA) is 59.0 Å². The first-order valence-electron chi connectivity index (χ1n) is 5.76. The van der Waals surface area contributed by atoms with Crippen molar-refractivity contribution in [3.63, 3.8) is 0 Å². The number of hydrogen-bond donors (Lipinski definition) is 2. The molecule has 0 radical (unpaired) electrons. The summed E-state index contributed by atoms with van der Waals surface area (Å²) in [6.45, 7) is 0.474. The smallest absolute Gasteiger partial charge is 0.315 e. The van der Waals surface area contributed by atoms with E-state index in [-0.39, 0.29) is 6.03 Å². The van der Waals surface area contributed by atoms with Crippen LogP contribution < -0.4 is 10.6 Å². The SMILES string of the molecule is Cn1ccnc1CNC(=O)NC1CCCC1. The Morgan fingerprint density at radius 1 is 1.56 bits per heavy atom. The molecule has 5 nitrogen and oxygen atoms in total. The third kappa shape index (κ3) is 2.74. The van der Waals surface area contributed by atoms with Crippen molar-refractivity contribution in [3.05, 3.63) is 18.2 Å². The van der Waals surface area contributed by atoms with Gasteiger partial charge in [0.2, 0.25) is 0 Å². The maximum atomic E-state index is 11.5. The average molecular weight is 222 g/mol. The van der Waals surface area contributed by atoms with Crippen LogP contribution in [0.4, 0.5) is 4.79 Å². The molecule has 2 rings (SSSR count). The Kier molecular flexibility index (Phi) is 3.44. The molecule has 2 N–H and O–H groups in total. The number of amides is 2. The number of rotatable bonds is 3. The second-order valence-corrected chi connectivity index (χ2v) is 4.26. The molecule has 2 amide bonds. The number of aryl methyl sites for hydroxylation is 1. The molecule has 0 spiro atoms. The van der Waals surface area contributed by atoms with E-state index in [0.717, 1.165) is 18.7 Å². The summed E-state index contributed by atoms with van der Waals surface area (Å²) in [6.07, 6.45) is 8.26. The van der Waals surface area contributed by atoms with Crippen molar-refractivity contribution in [3.8, 4) is 0 Å². The van der Waals surface area contributed by atoms with Gasteiger partial charge in [-0.3, -0.25) is 0 Å². The van der Waals surface area contributed by atoms with Gasteiger partial charge in [0.05, 0.1) is 6.54 Å². The summed E-state index contributed by atoms with van der Waals surface area (Å²) in [5, 5.41) is 5.79. The van der Waals surface area contributed by atoms with Crippen LogP contribution in [-0.4, -0.2) is 21.6 Å². The van der Waals surface area contributed by atoms with Crippen molar-refractivity contribution in [1.29, 1.82) is 0 Å². The number of nitrogens with one attached hydrogen (secondary N) is 2. The van der Waals surface area contributed by atoms with Gasteiger partial charge in [0, 0.05) is 25.5 Å². The Balaban J connectivity index is 1.73. The molecule has 0 unspecified atom stereocenters. The fourth-order valence-corrected chi connectivity index (χ4v) is 2.03. The van der Waals surface area contributed by atoms with Crippen molar-refractivity contribution in [1.82, 2.24) is 20.2 Å². The highest BCUT2D eigenvalue weighted by molar-refractivity contribution is 5.74. The lowest BCUT2D eigenvalue weighted by Crippen LogP contribution is -2.40. The first kappa shape index (κ1) is 11.0. The number of urea groups is 1. The molecule has 1 saturated carbocycles. The van der Waals surface area contributed by atoms with E-state index in [0.29, 0.717) is 12.6 Å². The lowest BCUT2D eigenvalue weighted by Gasteiger charge is -2.12. The molecule has 1 aliphatic carbocycles. The molecule has 5 heteroatoms. The maximum absolute atomic E-state index is 11.5. The van der Waals surface area contributed by atoms with Crippen LogP contribution in [0.3, 0.4) is 0 Å². The van der Waals surface area contributed by atoms with E-state index in [4.69, 9.17) is 0 Å². The maximum Gasteiger partial charge on any atom is 0.315 e. The highest BCUT2D eigenvalue weighted by Gasteiger charge is 2.16. The number of nitrogens with zero attached hydrogens (tertiary/aromatic N) is 2. The zero-order valence-electron chi connectivity index (χ0n) is 9.57. The molecule has 0 atom stereocenters. The quantitative estimate of drug-likeness (QED) is 0.806. The van der Waals surface area contributed by atoms with E-state index in [1.807, 2.05) is 17.8 Å². The first-order chi connectivity index (χ1) is 7.75. The Morgan fingerprint density at radius 2 is 2.31 bits per heavy atom. The van der Waals surface area contributed by atoms with Crippen LogP contribution in [0, 0.1) is 0 Å². The number of hydrogen-bond acceptors (Lipinski definition) is 2. The monoisotopic (exact) mass is 222 g/mol. The highest BCUT2D eigenvalue weighted by atomic mass is 16.2. The van der Waals surface area contributed by atoms with Gasteiger partial charge in [-0.2, -0.15) is 0 Å². The standard InChI is InChI=1S/C11H18N4O/c1-15-7-6-12-10(15)8-13-11(16)14-9-4-2-3-5-9/h6-7,9H,2-5,8H2,1H3,(H2,13,14,16). The van der Waals surface area contributed by atoms with Crippen LogP contribution in [-0.2, 0) is 13.6 Å². The minimum atomic E-state index is -0.0881. The van der Waals surface area contributed by atoms with E-state index in [1.165, 1.54) is 12.8 Å². The minimum Gasteiger partial charge on any atom is -0.337 e. The molecule has 0 bridgehead atoms. The van der Waals surface area contributed by atoms with E-state index >= 15 is 0 Å². The second-order valence-electron chi connectivity index (χ2n) is 4.26. The van der Waals surface area contributed by atoms with E-state index in [2.05, 4.69) is 15.6 Å². The van der Waals surface area contributed by atoms with E-state index in [9.17, 15) is 4.79 Å². The molecular formula is C11H18N4O. The van der Waals surface area contributed by atoms with Crippen molar-refractivity contribution >= 4 is 6.03 Å². The number of imidazole rings is 1. The van der Waals surface area contributed by atoms with E-state index in [1.54, 1.807) is 6.20 Å². The third-order valence-electron chi connectivity index (χ3n) is 3.02. The second kappa shape index (κ2) is 5.01. The predicted octanol–water partition coefficient (Wildman–Crippen LogP) is 1.16. The van der Waals surface area contributed by atoms with Crippen LogP contribution in [0.25, 0.3) is 0 Å². The van der Waals surface area contributed by atoms with Gasteiger partial charge in [-0.05, 0) is 12.8 Å². The van der Waals surface area contributed by atoms with Crippen molar-refractivity contribution < 1.29 is 4.79 Å². The van der Waals surface area contributed by atoms with Gasteiger partial charge in [0.25, 0.3) is 0 Å². The summed E-state index contributed by atoms with van der Waals surface area (Å²) in [6, 6.07) is 0.274. The molecular weight excluding hydrogens is 204 g/mol. The normalized spacial score (nSPS) is 16.3. The largest absolute Gasteiger partial charge is 0.337 e. The fraction of sp³-hybridized carbons (Fsp3) is 0.636. The summed E-state index contributed by atoms with van der Waals surface area (Å²) in [7, 11) is 1.92. The summed E-state index contributed by atoms with van der Waals surface area (Å²) < 4.78 is 1.90. The van der Waals surface area contributed by atoms with Gasteiger partial charge >= 0.3 is 6.03 Å². The summed E-state index contributed by atoms with van der Waals surface area (Å²) in [4.78, 5) is 15.7. The molecule has 0 aliphatic heterocycles.